The van der Waals surface area contributed by atoms with E-state index in [1.807, 2.05) is 0 Å². The zero-order valence-electron chi connectivity index (χ0n) is 76.1. The van der Waals surface area contributed by atoms with Crippen molar-refractivity contribution in [2.45, 2.75) is 20.6 Å². The molecule has 11 aromatic carbocycles. The van der Waals surface area contributed by atoms with E-state index in [9.17, 15) is 19.2 Å². The van der Waals surface area contributed by atoms with Crippen LogP contribution < -0.4 is 30.1 Å². The minimum atomic E-state index is -6.33. The average molecular weight is 1280 g/mol. The molecule has 0 aliphatic carbocycles. The van der Waals surface area contributed by atoms with Gasteiger partial charge in [0, 0.05) is 62.2 Å². The number of para-hydroxylation sites is 2. The van der Waals surface area contributed by atoms with Crippen LogP contribution in [0.25, 0.3) is 83.4 Å². The topological polar surface area (TPSA) is 35.9 Å². The molecule has 0 aliphatic heterocycles. The maximum atomic E-state index is 10.0. The van der Waals surface area contributed by atoms with Gasteiger partial charge in [-0.15, -0.1) is 29.7 Å². The van der Waals surface area contributed by atoms with Crippen molar-refractivity contribution < 1.29 is 77.0 Å². The van der Waals surface area contributed by atoms with E-state index in [0.717, 1.165) is 16.8 Å². The number of rotatable bonds is 12. The van der Waals surface area contributed by atoms with Crippen molar-refractivity contribution in [3.63, 3.8) is 0 Å². The van der Waals surface area contributed by atoms with Crippen LogP contribution in [-0.2, 0) is 21.1 Å². The molecule has 3 aromatic heterocycles. The number of pyridine rings is 1. The first-order valence-electron chi connectivity index (χ1n) is 41.7. The van der Waals surface area contributed by atoms with Gasteiger partial charge in [0.25, 0.3) is 6.33 Å². The van der Waals surface area contributed by atoms with E-state index in [1.165, 1.54) is 77.4 Å². The average Bonchev–Trinajstić information content (AvgIpc) is 0.830. The number of ether oxygens (including phenoxy) is 1. The first kappa shape index (κ1) is 26.4. The summed E-state index contributed by atoms with van der Waals surface area (Å²) in [6, 6.07) is 8.25. The predicted molar refractivity (Wildman–Crippen MR) is 334 cm³/mol. The van der Waals surface area contributed by atoms with Crippen molar-refractivity contribution in [1.29, 1.82) is 0 Å². The van der Waals surface area contributed by atoms with Gasteiger partial charge in [-0.25, -0.2) is 4.98 Å². The summed E-state index contributed by atoms with van der Waals surface area (Å²) in [6.07, 6.45) is 4.33. The van der Waals surface area contributed by atoms with E-state index < -0.39 is 240 Å². The molecule has 0 N–H and O–H groups in total. The Morgan fingerprint density at radius 1 is 0.512 bits per heavy atom. The summed E-state index contributed by atoms with van der Waals surface area (Å²) in [5.41, 5.74) is -3.81. The molecule has 14 aromatic rings. The fourth-order valence-corrected chi connectivity index (χ4v) is 14.3. The quantitative estimate of drug-likeness (QED) is 0.0529. The molecule has 0 amide bonds. The number of imidazole rings is 1. The molecule has 0 spiro atoms. The third-order valence-corrected chi connectivity index (χ3v) is 17.9. The molecule has 0 unspecified atom stereocenters. The van der Waals surface area contributed by atoms with Crippen LogP contribution in [0.4, 0.5) is 0 Å². The van der Waals surface area contributed by atoms with Crippen molar-refractivity contribution in [2.24, 2.45) is 0 Å². The zero-order valence-corrected chi connectivity index (χ0v) is 45.3. The maximum absolute atomic E-state index is 10.0. The molecule has 0 saturated heterocycles. The number of aryl methyl sites for hydroxylation is 3. The number of hydrogen-bond acceptors (Lipinski definition) is 2. The molecule has 3 heterocycles. The van der Waals surface area contributed by atoms with Crippen molar-refractivity contribution in [3.8, 4) is 62.1 Å². The summed E-state index contributed by atoms with van der Waals surface area (Å²) >= 11 is 0. The Morgan fingerprint density at radius 3 is 1.77 bits per heavy atom. The molecule has 7 heteroatoms. The molecule has 5 nitrogen and oxygen atoms in total. The van der Waals surface area contributed by atoms with E-state index in [2.05, 4.69) is 23.4 Å². The van der Waals surface area contributed by atoms with Crippen LogP contribution in [0.3, 0.4) is 0 Å². The summed E-state index contributed by atoms with van der Waals surface area (Å²) in [5.74, 6) is -0.191. The van der Waals surface area contributed by atoms with Crippen molar-refractivity contribution >= 4 is 61.7 Å². The van der Waals surface area contributed by atoms with Crippen LogP contribution in [0.15, 0.2) is 273 Å². The summed E-state index contributed by atoms with van der Waals surface area (Å²) < 4.78 is 321. The van der Waals surface area contributed by atoms with Crippen molar-refractivity contribution in [2.75, 3.05) is 0 Å². The minimum Gasteiger partial charge on any atom is -0.510 e. The Morgan fingerprint density at radius 2 is 1.11 bits per heavy atom. The van der Waals surface area contributed by atoms with Crippen LogP contribution in [0.1, 0.15) is 63.3 Å². The van der Waals surface area contributed by atoms with Gasteiger partial charge in [0.05, 0.1) is 51.0 Å². The SMILES string of the molecule is [2H]c1c([2H])c([2H])c(-c2cnc(-n3c4[c-]c(Oc5[c-]c(-n6[c-][n+](-c7c(-c8c([2H])c([2H])c([2H])c([2H])c8[2H])cccc7[Si](c7c([2H])c([2H])c([2H])c([2H])c7[2H])(c7c([2H])c([2H])c([2H])c([2H])c7[2H])c7c([2H])c([2H])c([2H])c([2H])c7[2H])c7ccc(-c8c(C([2H])([2H])[2H])cccc8C([2H])([2H])[2H])cc76)ccc5)ccc4c4ccccc43)cc2C([2H])([2H])[2H])c([2H])c1[2H].[Pt]. The molecule has 14 rings (SSSR count). The number of aromatic nitrogens is 4. The molecular formula is C75H54N4OPtSi-2. The number of nitrogens with zero attached hydrogens (tertiary/aromatic N) is 4. The Hall–Kier alpha value is -9.45. The first-order chi connectivity index (χ1) is 53.9. The molecule has 0 bridgehead atoms. The third-order valence-electron chi connectivity index (χ3n) is 13.7. The second-order valence-electron chi connectivity index (χ2n) is 18.2. The normalized spacial score (nSPS) is 17.9. The molecule has 0 aliphatic rings. The smallest absolute Gasteiger partial charge is 0.268 e. The molecule has 0 radical (unpaired) electrons. The predicted octanol–water partition coefficient (Wildman–Crippen LogP) is 14.9. The Balaban J connectivity index is 0.0000117. The first-order valence-corrected chi connectivity index (χ1v) is 26.7. The fraction of sp³-hybridized carbons (Fsp3) is 0.0400. The Labute approximate surface area is 541 Å². The van der Waals surface area contributed by atoms with Gasteiger partial charge in [0.15, 0.2) is 8.07 Å². The molecular weight excluding hydrogens is 1200 g/mol. The third kappa shape index (κ3) is 9.01. The standard InChI is InChI=1S/C75H54N4OSi.Pt/c1-52-24-21-25-53(2)74(52)57-42-45-69-71(47-57)77(51-78(69)75-64(55-26-9-4-10-27-55)39-23-41-72(75)81(61-32-13-6-14-33-61,62-34-15-7-16-35-62)63-36-17-8-18-37-63)58-30-22-31-59(48-58)80-60-43-44-66-65-38-19-20-40-68(65)79(70(66)49-60)73-46-54(3)67(50-76-73)56-28-11-5-12-29-56;/h4-47,50H,1-3H3;/q-2;/i1D3,2D3,3D3,4D,5D,6D,7D,8D,9D,10D,11D,12D,13D,14D,15D,16D,17D,18D,26D,27D,28D,29D,32D,33D,34D,35D,36D,37D;. The van der Waals surface area contributed by atoms with E-state index in [1.54, 1.807) is 41.0 Å². The van der Waals surface area contributed by atoms with Crippen molar-refractivity contribution in [3.05, 3.63) is 308 Å². The van der Waals surface area contributed by atoms with E-state index >= 15 is 0 Å². The molecule has 396 valence electrons. The molecule has 0 saturated carbocycles. The van der Waals surface area contributed by atoms with Gasteiger partial charge in [-0.3, -0.25) is 4.57 Å². The van der Waals surface area contributed by atoms with Gasteiger partial charge in [0.2, 0.25) is 0 Å². The van der Waals surface area contributed by atoms with Crippen LogP contribution in [-0.4, -0.2) is 22.2 Å². The van der Waals surface area contributed by atoms with Gasteiger partial charge in [-0.05, 0) is 115 Å². The molecule has 0 fully saturated rings. The minimum absolute atomic E-state index is 0. The second kappa shape index (κ2) is 21.9. The van der Waals surface area contributed by atoms with Gasteiger partial charge in [0.1, 0.15) is 5.82 Å². The monoisotopic (exact) mass is 1280 g/mol. The largest absolute Gasteiger partial charge is 0.510 e. The maximum Gasteiger partial charge on any atom is 0.268 e. The van der Waals surface area contributed by atoms with Crippen LogP contribution in [0.5, 0.6) is 11.5 Å². The van der Waals surface area contributed by atoms with Gasteiger partial charge < -0.3 is 13.9 Å². The Kier molecular flexibility index (Phi) is 7.05. The van der Waals surface area contributed by atoms with Crippen LogP contribution in [0, 0.1) is 39.0 Å². The van der Waals surface area contributed by atoms with E-state index in [-0.39, 0.29) is 77.3 Å². The summed E-state index contributed by atoms with van der Waals surface area (Å²) in [4.78, 5) is 4.65. The summed E-state index contributed by atoms with van der Waals surface area (Å²) in [6.45, 7) is -9.01. The van der Waals surface area contributed by atoms with Crippen molar-refractivity contribution in [1.82, 2.24) is 14.1 Å². The second-order valence-corrected chi connectivity index (χ2v) is 21.7. The number of fused-ring (bicyclic) bond motifs is 4. The van der Waals surface area contributed by atoms with E-state index in [0.29, 0.717) is 16.3 Å². The summed E-state index contributed by atoms with van der Waals surface area (Å²) in [5, 5.41) is -2.40. The molecule has 82 heavy (non-hydrogen) atoms. The molecule has 0 atom stereocenters. The van der Waals surface area contributed by atoms with Gasteiger partial charge >= 0.3 is 0 Å². The Bertz CT molecular complexity index is 6230. The fourth-order valence-electron chi connectivity index (χ4n) is 10.3. The van der Waals surface area contributed by atoms with Crippen LogP contribution in [0.2, 0.25) is 0 Å². The summed E-state index contributed by atoms with van der Waals surface area (Å²) in [7, 11) is -6.33. The number of hydrogen-bond donors (Lipinski definition) is 0. The zero-order chi connectivity index (χ0) is 83.7. The van der Waals surface area contributed by atoms with E-state index in [4.69, 9.17) is 32.2 Å². The van der Waals surface area contributed by atoms with Gasteiger partial charge in [-0.1, -0.05) is 223 Å². The van der Waals surface area contributed by atoms with Crippen LogP contribution >= 0.6 is 0 Å². The van der Waals surface area contributed by atoms with Gasteiger partial charge in [-0.2, -0.15) is 18.2 Å². The number of benzene rings is 11.